The molecule has 0 unspecified atom stereocenters. The van der Waals surface area contributed by atoms with Gasteiger partial charge in [-0.1, -0.05) is 19.3 Å². The lowest BCUT2D eigenvalue weighted by atomic mass is 9.86. The molecule has 3 nitrogen and oxygen atoms in total. The Morgan fingerprint density at radius 1 is 1.29 bits per heavy atom. The predicted molar refractivity (Wildman–Crippen MR) is 71.5 cm³/mol. The van der Waals surface area contributed by atoms with Gasteiger partial charge in [-0.05, 0) is 18.9 Å². The highest BCUT2D eigenvalue weighted by molar-refractivity contribution is 7.79. The highest BCUT2D eigenvalue weighted by atomic mass is 32.1. The van der Waals surface area contributed by atoms with E-state index >= 15 is 0 Å². The van der Waals surface area contributed by atoms with Gasteiger partial charge >= 0.3 is 0 Å². The SMILES string of the molecule is SCc1c(C2CCCCC2)nn2cccnc12. The maximum atomic E-state index is 4.71. The number of nitrogens with zero attached hydrogens (tertiary/aromatic N) is 3. The van der Waals surface area contributed by atoms with Gasteiger partial charge in [-0.2, -0.15) is 17.7 Å². The summed E-state index contributed by atoms with van der Waals surface area (Å²) in [6.07, 6.45) is 10.4. The van der Waals surface area contributed by atoms with E-state index in [2.05, 4.69) is 17.6 Å². The minimum atomic E-state index is 0.618. The third kappa shape index (κ3) is 1.95. The van der Waals surface area contributed by atoms with Gasteiger partial charge in [0.05, 0.1) is 5.69 Å². The van der Waals surface area contributed by atoms with Crippen molar-refractivity contribution >= 4 is 18.3 Å². The van der Waals surface area contributed by atoms with Crippen molar-refractivity contribution in [1.29, 1.82) is 0 Å². The summed E-state index contributed by atoms with van der Waals surface area (Å²) >= 11 is 4.45. The van der Waals surface area contributed by atoms with Crippen LogP contribution < -0.4 is 0 Å². The first-order valence-corrected chi connectivity index (χ1v) is 6.96. The minimum absolute atomic E-state index is 0.618. The van der Waals surface area contributed by atoms with E-state index in [0.717, 1.165) is 11.4 Å². The second-order valence-corrected chi connectivity index (χ2v) is 5.06. The van der Waals surface area contributed by atoms with Crippen LogP contribution in [0.1, 0.15) is 49.3 Å². The largest absolute Gasteiger partial charge is 0.237 e. The Morgan fingerprint density at radius 3 is 2.88 bits per heavy atom. The molecule has 90 valence electrons. The molecular formula is C13H17N3S. The van der Waals surface area contributed by atoms with Crippen LogP contribution in [0.3, 0.4) is 0 Å². The van der Waals surface area contributed by atoms with E-state index in [0.29, 0.717) is 5.92 Å². The normalized spacial score (nSPS) is 17.7. The van der Waals surface area contributed by atoms with Crippen molar-refractivity contribution in [3.63, 3.8) is 0 Å². The van der Waals surface area contributed by atoms with Crippen molar-refractivity contribution in [2.24, 2.45) is 0 Å². The summed E-state index contributed by atoms with van der Waals surface area (Å²) in [5, 5.41) is 4.71. The molecule has 0 radical (unpaired) electrons. The van der Waals surface area contributed by atoms with Crippen LogP contribution in [0.15, 0.2) is 18.5 Å². The number of rotatable bonds is 2. The molecule has 2 aromatic heterocycles. The van der Waals surface area contributed by atoms with E-state index in [9.17, 15) is 0 Å². The average Bonchev–Trinajstić information content (AvgIpc) is 2.78. The zero-order valence-electron chi connectivity index (χ0n) is 9.84. The molecule has 0 N–H and O–H groups in total. The molecule has 0 aliphatic heterocycles. The number of fused-ring (bicyclic) bond motifs is 1. The van der Waals surface area contributed by atoms with Crippen LogP contribution in [0.2, 0.25) is 0 Å². The first-order chi connectivity index (χ1) is 8.40. The topological polar surface area (TPSA) is 30.2 Å². The molecule has 0 aromatic carbocycles. The Labute approximate surface area is 107 Å². The van der Waals surface area contributed by atoms with E-state index in [4.69, 9.17) is 5.10 Å². The fourth-order valence-electron chi connectivity index (χ4n) is 2.81. The van der Waals surface area contributed by atoms with Crippen LogP contribution >= 0.6 is 12.6 Å². The van der Waals surface area contributed by atoms with Crippen LogP contribution in [0, 0.1) is 0 Å². The molecule has 2 aromatic rings. The first kappa shape index (κ1) is 11.1. The predicted octanol–water partition coefficient (Wildman–Crippen LogP) is 3.21. The fourth-order valence-corrected chi connectivity index (χ4v) is 3.11. The zero-order chi connectivity index (χ0) is 11.7. The van der Waals surface area contributed by atoms with Crippen molar-refractivity contribution < 1.29 is 0 Å². The molecular weight excluding hydrogens is 230 g/mol. The summed E-state index contributed by atoms with van der Waals surface area (Å²) in [5.74, 6) is 1.35. The van der Waals surface area contributed by atoms with Gasteiger partial charge in [-0.15, -0.1) is 0 Å². The molecule has 0 atom stereocenters. The summed E-state index contributed by atoms with van der Waals surface area (Å²) in [5.41, 5.74) is 3.43. The monoisotopic (exact) mass is 247 g/mol. The van der Waals surface area contributed by atoms with Gasteiger partial charge < -0.3 is 0 Å². The van der Waals surface area contributed by atoms with Crippen LogP contribution in [0.5, 0.6) is 0 Å². The third-order valence-electron chi connectivity index (χ3n) is 3.67. The Hall–Kier alpha value is -1.03. The van der Waals surface area contributed by atoms with E-state index in [1.165, 1.54) is 43.4 Å². The molecule has 17 heavy (non-hydrogen) atoms. The molecule has 0 amide bonds. The minimum Gasteiger partial charge on any atom is -0.237 e. The van der Waals surface area contributed by atoms with Gasteiger partial charge in [-0.25, -0.2) is 9.50 Å². The molecule has 4 heteroatoms. The molecule has 3 rings (SSSR count). The quantitative estimate of drug-likeness (QED) is 0.826. The molecule has 1 aliphatic rings. The summed E-state index contributed by atoms with van der Waals surface area (Å²) in [4.78, 5) is 4.42. The van der Waals surface area contributed by atoms with E-state index in [1.54, 1.807) is 0 Å². The first-order valence-electron chi connectivity index (χ1n) is 6.33. The smallest absolute Gasteiger partial charge is 0.159 e. The number of thiol groups is 1. The third-order valence-corrected chi connectivity index (χ3v) is 3.99. The van der Waals surface area contributed by atoms with Crippen LogP contribution in [-0.2, 0) is 5.75 Å². The molecule has 0 spiro atoms. The number of hydrogen-bond acceptors (Lipinski definition) is 3. The van der Waals surface area contributed by atoms with Gasteiger partial charge in [0.1, 0.15) is 0 Å². The van der Waals surface area contributed by atoms with E-state index < -0.39 is 0 Å². The lowest BCUT2D eigenvalue weighted by molar-refractivity contribution is 0.434. The Balaban J connectivity index is 2.08. The lowest BCUT2D eigenvalue weighted by Gasteiger charge is -2.20. The van der Waals surface area contributed by atoms with Gasteiger partial charge in [0.25, 0.3) is 0 Å². The van der Waals surface area contributed by atoms with Gasteiger partial charge in [0.2, 0.25) is 0 Å². The van der Waals surface area contributed by atoms with Crippen LogP contribution in [-0.4, -0.2) is 14.6 Å². The average molecular weight is 247 g/mol. The van der Waals surface area contributed by atoms with Crippen molar-refractivity contribution in [2.45, 2.75) is 43.8 Å². The number of aromatic nitrogens is 3. The molecule has 1 saturated carbocycles. The van der Waals surface area contributed by atoms with Crippen molar-refractivity contribution in [3.05, 3.63) is 29.7 Å². The zero-order valence-corrected chi connectivity index (χ0v) is 10.7. The lowest BCUT2D eigenvalue weighted by Crippen LogP contribution is -2.07. The Bertz CT molecular complexity index is 514. The fraction of sp³-hybridized carbons (Fsp3) is 0.538. The van der Waals surface area contributed by atoms with Gasteiger partial charge in [0.15, 0.2) is 5.65 Å². The second kappa shape index (κ2) is 4.69. The molecule has 1 aliphatic carbocycles. The maximum absolute atomic E-state index is 4.71. The summed E-state index contributed by atoms with van der Waals surface area (Å²) in [7, 11) is 0. The Kier molecular flexibility index (Phi) is 3.05. The highest BCUT2D eigenvalue weighted by Crippen LogP contribution is 2.34. The summed E-state index contributed by atoms with van der Waals surface area (Å²) in [6, 6.07) is 1.92. The van der Waals surface area contributed by atoms with E-state index in [-0.39, 0.29) is 0 Å². The summed E-state index contributed by atoms with van der Waals surface area (Å²) < 4.78 is 1.90. The van der Waals surface area contributed by atoms with E-state index in [1.807, 2.05) is 23.0 Å². The molecule has 1 fully saturated rings. The molecule has 2 heterocycles. The second-order valence-electron chi connectivity index (χ2n) is 4.74. The number of hydrogen-bond donors (Lipinski definition) is 1. The van der Waals surface area contributed by atoms with Crippen molar-refractivity contribution in [3.8, 4) is 0 Å². The standard InChI is InChI=1S/C13H17N3S/c17-9-11-12(10-5-2-1-3-6-10)15-16-8-4-7-14-13(11)16/h4,7-8,10,17H,1-3,5-6,9H2. The summed E-state index contributed by atoms with van der Waals surface area (Å²) in [6.45, 7) is 0. The maximum Gasteiger partial charge on any atom is 0.159 e. The molecule has 0 bridgehead atoms. The van der Waals surface area contributed by atoms with Crippen molar-refractivity contribution in [1.82, 2.24) is 14.6 Å². The molecule has 0 saturated heterocycles. The van der Waals surface area contributed by atoms with Gasteiger partial charge in [-0.3, -0.25) is 0 Å². The highest BCUT2D eigenvalue weighted by Gasteiger charge is 2.23. The van der Waals surface area contributed by atoms with Gasteiger partial charge in [0, 0.05) is 29.6 Å². The Morgan fingerprint density at radius 2 is 2.12 bits per heavy atom. The van der Waals surface area contributed by atoms with Crippen LogP contribution in [0.4, 0.5) is 0 Å². The van der Waals surface area contributed by atoms with Crippen LogP contribution in [0.25, 0.3) is 5.65 Å². The van der Waals surface area contributed by atoms with Crippen molar-refractivity contribution in [2.75, 3.05) is 0 Å².